The Kier molecular flexibility index (Phi) is 5.05. The van der Waals surface area contributed by atoms with E-state index in [1.165, 1.54) is 11.3 Å². The molecular formula is C25H20N2O2S. The first-order valence-electron chi connectivity index (χ1n) is 9.75. The Bertz CT molecular complexity index is 1290. The van der Waals surface area contributed by atoms with E-state index in [1.54, 1.807) is 0 Å². The van der Waals surface area contributed by atoms with Crippen LogP contribution in [0.5, 0.6) is 5.75 Å². The van der Waals surface area contributed by atoms with Crippen LogP contribution in [-0.4, -0.2) is 15.3 Å². The molecule has 148 valence electrons. The Balaban J connectivity index is 1.55. The lowest BCUT2D eigenvalue weighted by Crippen LogP contribution is -1.98. The Hall–Kier alpha value is -3.41. The summed E-state index contributed by atoms with van der Waals surface area (Å²) in [5.41, 5.74) is 4.84. The molecule has 0 spiro atoms. The largest absolute Gasteiger partial charge is 0.488 e. The van der Waals surface area contributed by atoms with E-state index in [1.807, 2.05) is 47.8 Å². The summed E-state index contributed by atoms with van der Waals surface area (Å²) in [6.07, 6.45) is 0. The molecule has 0 aliphatic heterocycles. The number of fused-ring (bicyclic) bond motifs is 1. The molecule has 0 aliphatic carbocycles. The van der Waals surface area contributed by atoms with Crippen LogP contribution in [-0.2, 0) is 13.2 Å². The topological polar surface area (TPSA) is 58.1 Å². The molecule has 0 saturated carbocycles. The number of thiophene rings is 1. The minimum absolute atomic E-state index is 0.0494. The third-order valence-electron chi connectivity index (χ3n) is 5.08. The molecule has 0 aliphatic rings. The van der Waals surface area contributed by atoms with Crippen LogP contribution in [0, 0.1) is 0 Å². The molecule has 2 N–H and O–H groups in total. The number of H-pyrrole nitrogens is 1. The van der Waals surface area contributed by atoms with Crippen molar-refractivity contribution >= 4 is 22.1 Å². The van der Waals surface area contributed by atoms with Gasteiger partial charge >= 0.3 is 0 Å². The van der Waals surface area contributed by atoms with Gasteiger partial charge in [0.25, 0.3) is 0 Å². The summed E-state index contributed by atoms with van der Waals surface area (Å²) >= 11 is 1.54. The molecule has 4 nitrogen and oxygen atoms in total. The van der Waals surface area contributed by atoms with Crippen molar-refractivity contribution in [3.05, 3.63) is 94.7 Å². The van der Waals surface area contributed by atoms with Crippen LogP contribution in [0.15, 0.2) is 84.2 Å². The molecular weight excluding hydrogens is 392 g/mol. The first-order valence-corrected chi connectivity index (χ1v) is 10.6. The van der Waals surface area contributed by atoms with E-state index in [-0.39, 0.29) is 6.61 Å². The number of benzene rings is 3. The van der Waals surface area contributed by atoms with Gasteiger partial charge in [0.1, 0.15) is 12.4 Å². The van der Waals surface area contributed by atoms with Crippen LogP contribution in [0.1, 0.15) is 10.4 Å². The molecule has 2 heterocycles. The van der Waals surface area contributed by atoms with Crippen LogP contribution >= 0.6 is 11.3 Å². The highest BCUT2D eigenvalue weighted by Crippen LogP contribution is 2.38. The molecule has 0 atom stereocenters. The minimum atomic E-state index is 0.0494. The Morgan fingerprint density at radius 3 is 2.60 bits per heavy atom. The minimum Gasteiger partial charge on any atom is -0.488 e. The lowest BCUT2D eigenvalue weighted by Gasteiger charge is -2.13. The van der Waals surface area contributed by atoms with Gasteiger partial charge in [-0.2, -0.15) is 5.10 Å². The number of ether oxygens (including phenoxy) is 1. The molecule has 0 amide bonds. The van der Waals surface area contributed by atoms with Gasteiger partial charge in [-0.1, -0.05) is 60.7 Å². The van der Waals surface area contributed by atoms with Gasteiger partial charge < -0.3 is 9.84 Å². The number of aliphatic hydroxyl groups excluding tert-OH is 1. The smallest absolute Gasteiger partial charge is 0.137 e. The van der Waals surface area contributed by atoms with E-state index >= 15 is 0 Å². The van der Waals surface area contributed by atoms with Crippen molar-refractivity contribution in [2.45, 2.75) is 13.2 Å². The Morgan fingerprint density at radius 2 is 1.77 bits per heavy atom. The average molecular weight is 413 g/mol. The average Bonchev–Trinajstić information content (AvgIpc) is 3.47. The normalized spacial score (nSPS) is 11.1. The third-order valence-corrected chi connectivity index (χ3v) is 6.00. The van der Waals surface area contributed by atoms with Gasteiger partial charge in [0.15, 0.2) is 0 Å². The molecule has 30 heavy (non-hydrogen) atoms. The zero-order chi connectivity index (χ0) is 20.3. The van der Waals surface area contributed by atoms with Crippen molar-refractivity contribution in [3.63, 3.8) is 0 Å². The summed E-state index contributed by atoms with van der Waals surface area (Å²) in [5.74, 6) is 0.830. The van der Waals surface area contributed by atoms with Crippen LogP contribution in [0.25, 0.3) is 33.3 Å². The first-order chi connectivity index (χ1) is 14.8. The zero-order valence-electron chi connectivity index (χ0n) is 16.2. The van der Waals surface area contributed by atoms with Gasteiger partial charge in [0, 0.05) is 26.8 Å². The molecule has 2 aromatic heterocycles. The van der Waals surface area contributed by atoms with E-state index in [4.69, 9.17) is 4.74 Å². The maximum absolute atomic E-state index is 9.34. The second kappa shape index (κ2) is 8.14. The Morgan fingerprint density at radius 1 is 0.933 bits per heavy atom. The van der Waals surface area contributed by atoms with E-state index in [9.17, 15) is 5.11 Å². The number of hydrogen-bond acceptors (Lipinski definition) is 4. The van der Waals surface area contributed by atoms with Crippen LogP contribution in [0.3, 0.4) is 0 Å². The summed E-state index contributed by atoms with van der Waals surface area (Å²) in [6, 6.07) is 26.6. The van der Waals surface area contributed by atoms with Gasteiger partial charge in [0.2, 0.25) is 0 Å². The fourth-order valence-electron chi connectivity index (χ4n) is 3.54. The second-order valence-electron chi connectivity index (χ2n) is 7.06. The summed E-state index contributed by atoms with van der Waals surface area (Å²) in [6.45, 7) is 0.539. The highest BCUT2D eigenvalue weighted by atomic mass is 32.1. The SMILES string of the molecule is OCc1cc(-c2cc(-c3ccc4ccccc4c3OCc3ccccc3)n[nH]2)cs1. The fourth-order valence-corrected chi connectivity index (χ4v) is 4.29. The van der Waals surface area contributed by atoms with Crippen molar-refractivity contribution < 1.29 is 9.84 Å². The molecule has 5 heteroatoms. The lowest BCUT2D eigenvalue weighted by molar-refractivity contribution is 0.285. The monoisotopic (exact) mass is 412 g/mol. The van der Waals surface area contributed by atoms with Crippen molar-refractivity contribution in [2.75, 3.05) is 0 Å². The van der Waals surface area contributed by atoms with E-state index in [0.29, 0.717) is 6.61 Å². The fraction of sp³-hybridized carbons (Fsp3) is 0.0800. The molecule has 0 unspecified atom stereocenters. The summed E-state index contributed by atoms with van der Waals surface area (Å²) in [4.78, 5) is 0.929. The van der Waals surface area contributed by atoms with E-state index < -0.39 is 0 Å². The molecule has 0 bridgehead atoms. The summed E-state index contributed by atoms with van der Waals surface area (Å²) < 4.78 is 6.34. The van der Waals surface area contributed by atoms with Gasteiger partial charge in [-0.15, -0.1) is 11.3 Å². The maximum Gasteiger partial charge on any atom is 0.137 e. The summed E-state index contributed by atoms with van der Waals surface area (Å²) in [7, 11) is 0. The number of aromatic nitrogens is 2. The van der Waals surface area contributed by atoms with E-state index in [2.05, 4.69) is 46.6 Å². The number of nitrogens with one attached hydrogen (secondary N) is 1. The predicted molar refractivity (Wildman–Crippen MR) is 122 cm³/mol. The van der Waals surface area contributed by atoms with Crippen LogP contribution in [0.2, 0.25) is 0 Å². The Labute approximate surface area is 178 Å². The van der Waals surface area contributed by atoms with Gasteiger partial charge in [-0.3, -0.25) is 5.10 Å². The zero-order valence-corrected chi connectivity index (χ0v) is 17.0. The standard InChI is InChI=1S/C25H20N2O2S/c28-14-20-12-19(16-30-20)23-13-24(27-26-23)22-11-10-18-8-4-5-9-21(18)25(22)29-15-17-6-2-1-3-7-17/h1-13,16,28H,14-15H2,(H,26,27). The predicted octanol–water partition coefficient (Wildman–Crippen LogP) is 6.03. The molecule has 3 aromatic carbocycles. The summed E-state index contributed by atoms with van der Waals surface area (Å²) in [5, 5.41) is 21.2. The van der Waals surface area contributed by atoms with Crippen LogP contribution < -0.4 is 4.74 Å². The number of nitrogens with zero attached hydrogens (tertiary/aromatic N) is 1. The number of hydrogen-bond donors (Lipinski definition) is 2. The highest BCUT2D eigenvalue weighted by Gasteiger charge is 2.15. The van der Waals surface area contributed by atoms with Crippen LogP contribution in [0.4, 0.5) is 0 Å². The van der Waals surface area contributed by atoms with Crippen molar-refractivity contribution in [3.8, 4) is 28.3 Å². The first kappa shape index (κ1) is 18.6. The van der Waals surface area contributed by atoms with Crippen molar-refractivity contribution in [1.82, 2.24) is 10.2 Å². The molecule has 5 aromatic rings. The number of rotatable bonds is 6. The van der Waals surface area contributed by atoms with E-state index in [0.717, 1.165) is 49.5 Å². The number of aromatic amines is 1. The lowest BCUT2D eigenvalue weighted by atomic mass is 10.0. The quantitative estimate of drug-likeness (QED) is 0.358. The molecule has 0 fully saturated rings. The molecule has 0 radical (unpaired) electrons. The highest BCUT2D eigenvalue weighted by molar-refractivity contribution is 7.10. The van der Waals surface area contributed by atoms with Gasteiger partial charge in [-0.05, 0) is 29.1 Å². The molecule has 5 rings (SSSR count). The second-order valence-corrected chi connectivity index (χ2v) is 8.06. The van der Waals surface area contributed by atoms with Gasteiger partial charge in [-0.25, -0.2) is 0 Å². The van der Waals surface area contributed by atoms with Crippen molar-refractivity contribution in [1.29, 1.82) is 0 Å². The van der Waals surface area contributed by atoms with Gasteiger partial charge in [0.05, 0.1) is 18.0 Å². The number of aliphatic hydroxyl groups is 1. The molecule has 0 saturated heterocycles. The third kappa shape index (κ3) is 3.61. The van der Waals surface area contributed by atoms with Crippen molar-refractivity contribution in [2.24, 2.45) is 0 Å². The maximum atomic E-state index is 9.34.